The highest BCUT2D eigenvalue weighted by atomic mass is 16.4. The summed E-state index contributed by atoms with van der Waals surface area (Å²) in [4.78, 5) is 18.3. The summed E-state index contributed by atoms with van der Waals surface area (Å²) >= 11 is 0. The maximum atomic E-state index is 11.4. The maximum Gasteiger partial charge on any atom is 0.335 e. The predicted octanol–water partition coefficient (Wildman–Crippen LogP) is 3.33. The van der Waals surface area contributed by atoms with Gasteiger partial charge in [0.2, 0.25) is 0 Å². The molecular formula is C19H22N2O2. The standard InChI is InChI=1S/C19H22N2O2/c1-2-14-7-8-16(20-11-14)13-21-10-9-15(12-21)17-5-3-4-6-18(17)19(22)23/h3-8,11,15H,2,9-10,12-13H2,1H3,(H,22,23). The van der Waals surface area contributed by atoms with Crippen LogP contribution in [0.1, 0.15) is 46.4 Å². The van der Waals surface area contributed by atoms with Crippen LogP contribution >= 0.6 is 0 Å². The molecule has 3 rings (SSSR count). The van der Waals surface area contributed by atoms with Gasteiger partial charge in [-0.3, -0.25) is 9.88 Å². The number of nitrogens with zero attached hydrogens (tertiary/aromatic N) is 2. The van der Waals surface area contributed by atoms with Gasteiger partial charge in [-0.1, -0.05) is 31.2 Å². The van der Waals surface area contributed by atoms with Crippen molar-refractivity contribution in [3.8, 4) is 0 Å². The molecule has 4 heteroatoms. The molecule has 0 radical (unpaired) electrons. The first-order valence-electron chi connectivity index (χ1n) is 8.15. The van der Waals surface area contributed by atoms with Gasteiger partial charge in [0.25, 0.3) is 0 Å². The monoisotopic (exact) mass is 310 g/mol. The van der Waals surface area contributed by atoms with Crippen LogP contribution in [0.15, 0.2) is 42.6 Å². The van der Waals surface area contributed by atoms with Gasteiger partial charge >= 0.3 is 5.97 Å². The van der Waals surface area contributed by atoms with Crippen molar-refractivity contribution >= 4 is 5.97 Å². The van der Waals surface area contributed by atoms with E-state index in [0.29, 0.717) is 5.56 Å². The largest absolute Gasteiger partial charge is 0.478 e. The van der Waals surface area contributed by atoms with Crippen molar-refractivity contribution in [2.75, 3.05) is 13.1 Å². The predicted molar refractivity (Wildman–Crippen MR) is 89.7 cm³/mol. The Bertz CT molecular complexity index is 682. The molecule has 0 spiro atoms. The maximum absolute atomic E-state index is 11.4. The van der Waals surface area contributed by atoms with Crippen LogP contribution in [0.5, 0.6) is 0 Å². The Kier molecular flexibility index (Phi) is 4.72. The zero-order valence-corrected chi connectivity index (χ0v) is 13.4. The van der Waals surface area contributed by atoms with Gasteiger partial charge in [-0.15, -0.1) is 0 Å². The van der Waals surface area contributed by atoms with Crippen LogP contribution in [0.3, 0.4) is 0 Å². The third-order valence-electron chi connectivity index (χ3n) is 4.58. The lowest BCUT2D eigenvalue weighted by molar-refractivity contribution is 0.0695. The molecule has 120 valence electrons. The summed E-state index contributed by atoms with van der Waals surface area (Å²) in [5.41, 5.74) is 3.72. The number of hydrogen-bond donors (Lipinski definition) is 1. The summed E-state index contributed by atoms with van der Waals surface area (Å²) in [6, 6.07) is 11.6. The van der Waals surface area contributed by atoms with E-state index in [2.05, 4.69) is 28.9 Å². The molecule has 0 bridgehead atoms. The fourth-order valence-electron chi connectivity index (χ4n) is 3.26. The highest BCUT2D eigenvalue weighted by molar-refractivity contribution is 5.89. The van der Waals surface area contributed by atoms with Gasteiger partial charge in [-0.25, -0.2) is 4.79 Å². The van der Waals surface area contributed by atoms with Gasteiger partial charge in [0.15, 0.2) is 0 Å². The van der Waals surface area contributed by atoms with Gasteiger partial charge in [0, 0.05) is 19.3 Å². The zero-order valence-electron chi connectivity index (χ0n) is 13.4. The van der Waals surface area contributed by atoms with E-state index in [9.17, 15) is 9.90 Å². The fourth-order valence-corrected chi connectivity index (χ4v) is 3.26. The molecule has 1 N–H and O–H groups in total. The lowest BCUT2D eigenvalue weighted by atomic mass is 9.93. The number of pyridine rings is 1. The minimum absolute atomic E-state index is 0.289. The van der Waals surface area contributed by atoms with E-state index in [1.807, 2.05) is 18.3 Å². The average molecular weight is 310 g/mol. The molecule has 0 amide bonds. The molecule has 1 fully saturated rings. The van der Waals surface area contributed by atoms with E-state index in [4.69, 9.17) is 0 Å². The summed E-state index contributed by atoms with van der Waals surface area (Å²) in [5, 5.41) is 9.35. The smallest absolute Gasteiger partial charge is 0.335 e. The number of benzene rings is 1. The van der Waals surface area contributed by atoms with E-state index in [0.717, 1.165) is 43.7 Å². The van der Waals surface area contributed by atoms with Crippen molar-refractivity contribution < 1.29 is 9.90 Å². The molecule has 0 saturated carbocycles. The highest BCUT2D eigenvalue weighted by Crippen LogP contribution is 2.30. The van der Waals surface area contributed by atoms with E-state index < -0.39 is 5.97 Å². The van der Waals surface area contributed by atoms with Gasteiger partial charge in [-0.05, 0) is 48.6 Å². The van der Waals surface area contributed by atoms with Crippen LogP contribution in [0.4, 0.5) is 0 Å². The molecule has 1 aliphatic rings. The Morgan fingerprint density at radius 2 is 2.13 bits per heavy atom. The number of rotatable bonds is 5. The van der Waals surface area contributed by atoms with Crippen molar-refractivity contribution in [2.45, 2.75) is 32.2 Å². The summed E-state index contributed by atoms with van der Waals surface area (Å²) in [6.45, 7) is 4.83. The molecule has 1 atom stereocenters. The van der Waals surface area contributed by atoms with Crippen LogP contribution in [-0.4, -0.2) is 34.0 Å². The second-order valence-corrected chi connectivity index (χ2v) is 6.12. The topological polar surface area (TPSA) is 53.4 Å². The summed E-state index contributed by atoms with van der Waals surface area (Å²) < 4.78 is 0. The van der Waals surface area contributed by atoms with Crippen molar-refractivity contribution in [3.05, 3.63) is 65.0 Å². The van der Waals surface area contributed by atoms with Gasteiger partial charge in [-0.2, -0.15) is 0 Å². The second kappa shape index (κ2) is 6.92. The van der Waals surface area contributed by atoms with Gasteiger partial charge in [0.05, 0.1) is 11.3 Å². The molecule has 23 heavy (non-hydrogen) atoms. The average Bonchev–Trinajstić information content (AvgIpc) is 3.04. The Labute approximate surface area is 136 Å². The molecule has 0 aliphatic carbocycles. The van der Waals surface area contributed by atoms with Crippen molar-refractivity contribution in [1.82, 2.24) is 9.88 Å². The molecule has 2 heterocycles. The Morgan fingerprint density at radius 3 is 2.83 bits per heavy atom. The first-order chi connectivity index (χ1) is 11.2. The molecule has 1 aliphatic heterocycles. The summed E-state index contributed by atoms with van der Waals surface area (Å²) in [7, 11) is 0. The lowest BCUT2D eigenvalue weighted by Gasteiger charge is -2.17. The minimum Gasteiger partial charge on any atom is -0.478 e. The number of aromatic nitrogens is 1. The van der Waals surface area contributed by atoms with Gasteiger partial charge < -0.3 is 5.11 Å². The molecular weight excluding hydrogens is 288 g/mol. The van der Waals surface area contributed by atoms with Crippen molar-refractivity contribution in [2.24, 2.45) is 0 Å². The highest BCUT2D eigenvalue weighted by Gasteiger charge is 2.27. The molecule has 1 aromatic carbocycles. The van der Waals surface area contributed by atoms with E-state index in [1.165, 1.54) is 5.56 Å². The summed E-state index contributed by atoms with van der Waals surface area (Å²) in [5.74, 6) is -0.548. The van der Waals surface area contributed by atoms with Crippen LogP contribution in [0.2, 0.25) is 0 Å². The van der Waals surface area contributed by atoms with Crippen LogP contribution in [0.25, 0.3) is 0 Å². The van der Waals surface area contributed by atoms with E-state index >= 15 is 0 Å². The SMILES string of the molecule is CCc1ccc(CN2CCC(c3ccccc3C(=O)O)C2)nc1. The van der Waals surface area contributed by atoms with Gasteiger partial charge in [0.1, 0.15) is 0 Å². The first-order valence-corrected chi connectivity index (χ1v) is 8.15. The quantitative estimate of drug-likeness (QED) is 0.920. The number of likely N-dealkylation sites (tertiary alicyclic amines) is 1. The number of carbonyl (C=O) groups is 1. The van der Waals surface area contributed by atoms with Crippen LogP contribution in [0, 0.1) is 0 Å². The molecule has 1 saturated heterocycles. The third-order valence-corrected chi connectivity index (χ3v) is 4.58. The number of aromatic carboxylic acids is 1. The summed E-state index contributed by atoms with van der Waals surface area (Å²) in [6.07, 6.45) is 3.95. The number of aryl methyl sites for hydroxylation is 1. The molecule has 2 aromatic rings. The number of carboxylic acids is 1. The number of carboxylic acid groups (broad SMARTS) is 1. The lowest BCUT2D eigenvalue weighted by Crippen LogP contribution is -2.20. The van der Waals surface area contributed by atoms with Crippen LogP contribution in [-0.2, 0) is 13.0 Å². The second-order valence-electron chi connectivity index (χ2n) is 6.12. The Hall–Kier alpha value is -2.20. The normalized spacial score (nSPS) is 18.2. The third kappa shape index (κ3) is 3.59. The molecule has 1 unspecified atom stereocenters. The first kappa shape index (κ1) is 15.7. The minimum atomic E-state index is -0.837. The molecule has 4 nitrogen and oxygen atoms in total. The zero-order chi connectivity index (χ0) is 16.2. The van der Waals surface area contributed by atoms with Crippen molar-refractivity contribution in [1.29, 1.82) is 0 Å². The van der Waals surface area contributed by atoms with E-state index in [-0.39, 0.29) is 5.92 Å². The Balaban J connectivity index is 1.67. The fraction of sp³-hybridized carbons (Fsp3) is 0.368. The molecule has 1 aromatic heterocycles. The van der Waals surface area contributed by atoms with Crippen molar-refractivity contribution in [3.63, 3.8) is 0 Å². The number of hydrogen-bond acceptors (Lipinski definition) is 3. The Morgan fingerprint density at radius 1 is 1.30 bits per heavy atom. The van der Waals surface area contributed by atoms with E-state index in [1.54, 1.807) is 12.1 Å². The van der Waals surface area contributed by atoms with Crippen LogP contribution < -0.4 is 0 Å².